The van der Waals surface area contributed by atoms with E-state index in [2.05, 4.69) is 0 Å². The molecule has 0 radical (unpaired) electrons. The third-order valence-electron chi connectivity index (χ3n) is 2.57. The second-order valence-electron chi connectivity index (χ2n) is 3.63. The number of benzene rings is 2. The Bertz CT molecular complexity index is 572. The van der Waals surface area contributed by atoms with E-state index in [1.54, 1.807) is 17.8 Å². The van der Waals surface area contributed by atoms with Gasteiger partial charge in [-0.1, -0.05) is 48.2 Å². The monoisotopic (exact) mass is 228 g/mol. The molecule has 0 aliphatic carbocycles. The van der Waals surface area contributed by atoms with Crippen LogP contribution in [0.5, 0.6) is 0 Å². The molecular formula is C14H9FS. The molecule has 0 N–H and O–H groups in total. The standard InChI is InChI=1S/C14H9FS/c15-12-9-10-5-1-3-7-13(10)16-14-8-4-2-6-11(12)14/h1-9H. The lowest BCUT2D eigenvalue weighted by atomic mass is 10.1. The van der Waals surface area contributed by atoms with E-state index >= 15 is 0 Å². The van der Waals surface area contributed by atoms with Gasteiger partial charge in [-0.2, -0.15) is 0 Å². The highest BCUT2D eigenvalue weighted by Gasteiger charge is 2.14. The molecule has 0 nitrogen and oxygen atoms in total. The Morgan fingerprint density at radius 1 is 0.812 bits per heavy atom. The van der Waals surface area contributed by atoms with E-state index in [4.69, 9.17) is 0 Å². The van der Waals surface area contributed by atoms with Crippen molar-refractivity contribution in [3.8, 4) is 0 Å². The minimum Gasteiger partial charge on any atom is -0.206 e. The smallest absolute Gasteiger partial charge is 0.132 e. The minimum absolute atomic E-state index is 0.159. The van der Waals surface area contributed by atoms with Crippen molar-refractivity contribution in [1.29, 1.82) is 0 Å². The predicted octanol–water partition coefficient (Wildman–Crippen LogP) is 4.62. The fourth-order valence-corrected chi connectivity index (χ4v) is 2.83. The lowest BCUT2D eigenvalue weighted by molar-refractivity contribution is 0.761. The molecule has 0 atom stereocenters. The quantitative estimate of drug-likeness (QED) is 0.634. The van der Waals surface area contributed by atoms with Crippen molar-refractivity contribution in [1.82, 2.24) is 0 Å². The Balaban J connectivity index is 2.25. The highest BCUT2D eigenvalue weighted by atomic mass is 32.2. The lowest BCUT2D eigenvalue weighted by Crippen LogP contribution is -1.79. The van der Waals surface area contributed by atoms with Crippen LogP contribution >= 0.6 is 11.8 Å². The Morgan fingerprint density at radius 3 is 2.38 bits per heavy atom. The van der Waals surface area contributed by atoms with Crippen LogP contribution in [0.4, 0.5) is 4.39 Å². The van der Waals surface area contributed by atoms with E-state index in [1.165, 1.54) is 0 Å². The first-order valence-corrected chi connectivity index (χ1v) is 5.90. The van der Waals surface area contributed by atoms with Gasteiger partial charge >= 0.3 is 0 Å². The van der Waals surface area contributed by atoms with Crippen molar-refractivity contribution in [2.75, 3.05) is 0 Å². The molecule has 78 valence electrons. The van der Waals surface area contributed by atoms with Gasteiger partial charge in [0.15, 0.2) is 0 Å². The molecule has 0 saturated heterocycles. The summed E-state index contributed by atoms with van der Waals surface area (Å²) in [5, 5.41) is 0. The fourth-order valence-electron chi connectivity index (χ4n) is 1.78. The maximum Gasteiger partial charge on any atom is 0.132 e. The topological polar surface area (TPSA) is 0 Å². The summed E-state index contributed by atoms with van der Waals surface area (Å²) in [4.78, 5) is 2.07. The molecule has 3 rings (SSSR count). The van der Waals surface area contributed by atoms with Crippen LogP contribution in [0.2, 0.25) is 0 Å². The molecule has 0 saturated carbocycles. The number of rotatable bonds is 0. The Hall–Kier alpha value is -1.54. The molecule has 0 aromatic heterocycles. The van der Waals surface area contributed by atoms with E-state index < -0.39 is 0 Å². The van der Waals surface area contributed by atoms with Crippen LogP contribution in [0.25, 0.3) is 11.9 Å². The van der Waals surface area contributed by atoms with Gasteiger partial charge in [-0.25, -0.2) is 4.39 Å². The van der Waals surface area contributed by atoms with Crippen molar-refractivity contribution in [3.63, 3.8) is 0 Å². The van der Waals surface area contributed by atoms with Crippen LogP contribution in [-0.4, -0.2) is 0 Å². The van der Waals surface area contributed by atoms with Gasteiger partial charge in [0.05, 0.1) is 0 Å². The summed E-state index contributed by atoms with van der Waals surface area (Å²) >= 11 is 1.61. The van der Waals surface area contributed by atoms with Crippen molar-refractivity contribution >= 4 is 23.7 Å². The average Bonchev–Trinajstić information content (AvgIpc) is 2.45. The molecule has 0 fully saturated rings. The molecule has 0 amide bonds. The molecule has 1 heterocycles. The van der Waals surface area contributed by atoms with Gasteiger partial charge in [0, 0.05) is 15.4 Å². The Labute approximate surface area is 97.8 Å². The minimum atomic E-state index is -0.159. The zero-order valence-electron chi connectivity index (χ0n) is 8.48. The third-order valence-corrected chi connectivity index (χ3v) is 3.73. The number of halogens is 1. The summed E-state index contributed by atoms with van der Waals surface area (Å²) in [6.45, 7) is 0. The first-order chi connectivity index (χ1) is 7.84. The summed E-state index contributed by atoms with van der Waals surface area (Å²) in [5.41, 5.74) is 1.63. The van der Waals surface area contributed by atoms with Gasteiger partial charge < -0.3 is 0 Å². The molecule has 2 aromatic rings. The van der Waals surface area contributed by atoms with Crippen molar-refractivity contribution in [2.45, 2.75) is 9.79 Å². The van der Waals surface area contributed by atoms with Crippen LogP contribution in [0, 0.1) is 0 Å². The van der Waals surface area contributed by atoms with E-state index in [0.717, 1.165) is 15.4 Å². The molecule has 16 heavy (non-hydrogen) atoms. The van der Waals surface area contributed by atoms with E-state index in [0.29, 0.717) is 5.56 Å². The van der Waals surface area contributed by atoms with Gasteiger partial charge in [-0.15, -0.1) is 0 Å². The van der Waals surface area contributed by atoms with E-state index in [1.807, 2.05) is 48.5 Å². The molecule has 0 unspecified atom stereocenters. The normalized spacial score (nSPS) is 13.4. The summed E-state index contributed by atoms with van der Waals surface area (Å²) in [7, 11) is 0. The lowest BCUT2D eigenvalue weighted by Gasteiger charge is -2.04. The molecule has 1 aliphatic rings. The summed E-state index contributed by atoms with van der Waals surface area (Å²) < 4.78 is 14.0. The first-order valence-electron chi connectivity index (χ1n) is 5.08. The summed E-state index contributed by atoms with van der Waals surface area (Å²) in [6, 6.07) is 15.4. The maximum absolute atomic E-state index is 14.0. The summed E-state index contributed by atoms with van der Waals surface area (Å²) in [6.07, 6.45) is 1.61. The molecule has 0 spiro atoms. The van der Waals surface area contributed by atoms with Crippen LogP contribution < -0.4 is 0 Å². The van der Waals surface area contributed by atoms with Gasteiger partial charge in [0.2, 0.25) is 0 Å². The van der Waals surface area contributed by atoms with E-state index in [9.17, 15) is 4.39 Å². The highest BCUT2D eigenvalue weighted by Crippen LogP contribution is 2.40. The Kier molecular flexibility index (Phi) is 2.29. The maximum atomic E-state index is 14.0. The largest absolute Gasteiger partial charge is 0.206 e. The second kappa shape index (κ2) is 3.80. The summed E-state index contributed by atoms with van der Waals surface area (Å²) in [5.74, 6) is -0.159. The van der Waals surface area contributed by atoms with Crippen molar-refractivity contribution in [3.05, 3.63) is 59.7 Å². The molecule has 2 aromatic carbocycles. The average molecular weight is 228 g/mol. The van der Waals surface area contributed by atoms with Crippen molar-refractivity contribution < 1.29 is 4.39 Å². The zero-order valence-corrected chi connectivity index (χ0v) is 9.30. The first kappa shape index (κ1) is 9.67. The van der Waals surface area contributed by atoms with Crippen LogP contribution in [0.1, 0.15) is 11.1 Å². The van der Waals surface area contributed by atoms with Gasteiger partial charge in [-0.3, -0.25) is 0 Å². The SMILES string of the molecule is FC1=Cc2ccccc2Sc2ccccc21. The zero-order chi connectivity index (χ0) is 11.0. The van der Waals surface area contributed by atoms with Gasteiger partial charge in [0.25, 0.3) is 0 Å². The molecule has 0 bridgehead atoms. The molecule has 1 aliphatic heterocycles. The van der Waals surface area contributed by atoms with Crippen LogP contribution in [-0.2, 0) is 0 Å². The third kappa shape index (κ3) is 1.55. The van der Waals surface area contributed by atoms with Crippen molar-refractivity contribution in [2.24, 2.45) is 0 Å². The number of hydrogen-bond acceptors (Lipinski definition) is 1. The fraction of sp³-hybridized carbons (Fsp3) is 0. The number of fused-ring (bicyclic) bond motifs is 2. The van der Waals surface area contributed by atoms with Crippen LogP contribution in [0.3, 0.4) is 0 Å². The molecule has 2 heteroatoms. The molecular weight excluding hydrogens is 219 g/mol. The van der Waals surface area contributed by atoms with Gasteiger partial charge in [-0.05, 0) is 23.8 Å². The highest BCUT2D eigenvalue weighted by molar-refractivity contribution is 7.99. The predicted molar refractivity (Wildman–Crippen MR) is 66.0 cm³/mol. The van der Waals surface area contributed by atoms with Gasteiger partial charge in [0.1, 0.15) is 5.83 Å². The number of hydrogen-bond donors (Lipinski definition) is 0. The second-order valence-corrected chi connectivity index (χ2v) is 4.71. The van der Waals surface area contributed by atoms with E-state index in [-0.39, 0.29) is 5.83 Å². The Morgan fingerprint density at radius 2 is 1.50 bits per heavy atom. The van der Waals surface area contributed by atoms with Crippen LogP contribution in [0.15, 0.2) is 58.3 Å².